The van der Waals surface area contributed by atoms with Gasteiger partial charge in [-0.3, -0.25) is 9.69 Å². The van der Waals surface area contributed by atoms with E-state index in [0.717, 1.165) is 44.0 Å². The molecule has 1 fully saturated rings. The molecule has 3 aromatic rings. The van der Waals surface area contributed by atoms with Gasteiger partial charge in [0.15, 0.2) is 11.6 Å². The smallest absolute Gasteiger partial charge is 0.466 e. The summed E-state index contributed by atoms with van der Waals surface area (Å²) in [4.78, 5) is 44.6. The summed E-state index contributed by atoms with van der Waals surface area (Å²) in [5, 5.41) is 4.10. The van der Waals surface area contributed by atoms with E-state index >= 15 is 0 Å². The average Bonchev–Trinajstić information content (AvgIpc) is 2.81. The van der Waals surface area contributed by atoms with E-state index in [0.29, 0.717) is 24.7 Å². The predicted octanol–water partition coefficient (Wildman–Crippen LogP) is -1.12. The molecule has 0 amide bonds. The van der Waals surface area contributed by atoms with Crippen molar-refractivity contribution in [2.75, 3.05) is 39.5 Å². The fraction of sp³-hybridized carbons (Fsp3) is 0.333. The minimum Gasteiger partial charge on any atom is -0.489 e. The van der Waals surface area contributed by atoms with Crippen LogP contribution >= 0.6 is 7.82 Å². The Balaban J connectivity index is 0.000000846. The van der Waals surface area contributed by atoms with Gasteiger partial charge in [0.05, 0.1) is 32.2 Å². The summed E-state index contributed by atoms with van der Waals surface area (Å²) in [6, 6.07) is 10.9. The van der Waals surface area contributed by atoms with Gasteiger partial charge in [0.2, 0.25) is 0 Å². The highest BCUT2D eigenvalue weighted by molar-refractivity contribution is 7.45. The van der Waals surface area contributed by atoms with Gasteiger partial charge in [0, 0.05) is 37.5 Å². The molecule has 0 unspecified atom stereocenters. The first-order chi connectivity index (χ1) is 16.3. The molecule has 0 spiro atoms. The molecular formula is C21H30N5O9P. The van der Waals surface area contributed by atoms with Gasteiger partial charge in [-0.05, 0) is 17.7 Å². The molecule has 198 valence electrons. The van der Waals surface area contributed by atoms with Gasteiger partial charge in [-0.1, -0.05) is 18.2 Å². The van der Waals surface area contributed by atoms with Crippen molar-refractivity contribution in [2.24, 2.45) is 0 Å². The third-order valence-electron chi connectivity index (χ3n) is 4.71. The molecule has 0 bridgehead atoms. The Hall–Kier alpha value is -3.07. The van der Waals surface area contributed by atoms with Crippen molar-refractivity contribution < 1.29 is 39.7 Å². The second kappa shape index (κ2) is 15.1. The van der Waals surface area contributed by atoms with Crippen molar-refractivity contribution in [1.29, 1.82) is 0 Å². The summed E-state index contributed by atoms with van der Waals surface area (Å²) < 4.78 is 21.4. The SMILES string of the molecule is O.O.O=P(O)(O)O.O=c1cccnn1Cc1cccc(-c2ncc(OCCN3CCOCC3)cn2)c1. The number of phosphoric acid groups is 1. The van der Waals surface area contributed by atoms with Crippen LogP contribution < -0.4 is 10.3 Å². The fourth-order valence-corrected chi connectivity index (χ4v) is 3.14. The minimum atomic E-state index is -4.64. The normalized spacial score (nSPS) is 13.4. The van der Waals surface area contributed by atoms with E-state index in [-0.39, 0.29) is 16.5 Å². The summed E-state index contributed by atoms with van der Waals surface area (Å²) in [5.74, 6) is 1.26. The van der Waals surface area contributed by atoms with Crippen LogP contribution in [0.5, 0.6) is 5.75 Å². The standard InChI is InChI=1S/C21H23N5O3.H3O4P.2H2O/c27-20-5-2-6-24-26(20)16-17-3-1-4-18(13-17)21-22-14-19(15-23-21)29-12-9-25-7-10-28-11-8-25;1-5(2,3)4;;/h1-6,13-15H,7-12,16H2;(H3,1,2,3,4);2*1H2. The summed E-state index contributed by atoms with van der Waals surface area (Å²) in [5.41, 5.74) is 1.71. The molecule has 36 heavy (non-hydrogen) atoms. The molecule has 7 N–H and O–H groups in total. The van der Waals surface area contributed by atoms with E-state index in [4.69, 9.17) is 28.7 Å². The summed E-state index contributed by atoms with van der Waals surface area (Å²) in [7, 11) is -4.64. The van der Waals surface area contributed by atoms with Crippen LogP contribution in [0.1, 0.15) is 5.56 Å². The molecule has 1 aromatic carbocycles. The largest absolute Gasteiger partial charge is 0.489 e. The van der Waals surface area contributed by atoms with Gasteiger partial charge in [0.1, 0.15) is 6.61 Å². The number of benzene rings is 1. The summed E-state index contributed by atoms with van der Waals surface area (Å²) >= 11 is 0. The second-order valence-corrected chi connectivity index (χ2v) is 8.30. The monoisotopic (exact) mass is 527 g/mol. The minimum absolute atomic E-state index is 0. The molecule has 1 aliphatic heterocycles. The van der Waals surface area contributed by atoms with Crippen LogP contribution in [0.25, 0.3) is 11.4 Å². The highest BCUT2D eigenvalue weighted by Crippen LogP contribution is 2.25. The number of ether oxygens (including phenoxy) is 2. The number of rotatable bonds is 7. The molecule has 0 aliphatic carbocycles. The number of hydrogen-bond acceptors (Lipinski definition) is 8. The molecule has 0 radical (unpaired) electrons. The van der Waals surface area contributed by atoms with Crippen molar-refractivity contribution >= 4 is 7.82 Å². The topological polar surface area (TPSA) is 223 Å². The quantitative estimate of drug-likeness (QED) is 0.312. The third kappa shape index (κ3) is 11.1. The van der Waals surface area contributed by atoms with E-state index in [1.807, 2.05) is 24.3 Å². The van der Waals surface area contributed by atoms with E-state index in [1.165, 1.54) is 10.7 Å². The first-order valence-corrected chi connectivity index (χ1v) is 12.0. The lowest BCUT2D eigenvalue weighted by Gasteiger charge is -2.26. The summed E-state index contributed by atoms with van der Waals surface area (Å²) in [6.45, 7) is 5.31. The van der Waals surface area contributed by atoms with Crippen LogP contribution in [0.15, 0.2) is 59.8 Å². The van der Waals surface area contributed by atoms with E-state index < -0.39 is 7.82 Å². The van der Waals surface area contributed by atoms with Gasteiger partial charge in [0.25, 0.3) is 5.56 Å². The number of aromatic nitrogens is 4. The highest BCUT2D eigenvalue weighted by Gasteiger charge is 2.10. The average molecular weight is 527 g/mol. The maximum atomic E-state index is 11.9. The predicted molar refractivity (Wildman–Crippen MR) is 129 cm³/mol. The van der Waals surface area contributed by atoms with Gasteiger partial charge >= 0.3 is 7.82 Å². The lowest BCUT2D eigenvalue weighted by Crippen LogP contribution is -2.38. The van der Waals surface area contributed by atoms with Crippen LogP contribution in [0, 0.1) is 0 Å². The van der Waals surface area contributed by atoms with E-state index in [1.54, 1.807) is 24.7 Å². The Morgan fingerprint density at radius 3 is 2.33 bits per heavy atom. The second-order valence-electron chi connectivity index (χ2n) is 7.28. The Morgan fingerprint density at radius 1 is 1.03 bits per heavy atom. The van der Waals surface area contributed by atoms with Crippen LogP contribution in [0.2, 0.25) is 0 Å². The maximum absolute atomic E-state index is 11.9. The zero-order chi connectivity index (χ0) is 24.4. The number of nitrogens with zero attached hydrogens (tertiary/aromatic N) is 5. The molecule has 4 rings (SSSR count). The molecule has 14 nitrogen and oxygen atoms in total. The van der Waals surface area contributed by atoms with Crippen molar-refractivity contribution in [1.82, 2.24) is 24.6 Å². The van der Waals surface area contributed by atoms with Crippen molar-refractivity contribution in [2.45, 2.75) is 6.54 Å². The first kappa shape index (κ1) is 31.0. The van der Waals surface area contributed by atoms with E-state index in [2.05, 4.69) is 20.0 Å². The molecule has 1 saturated heterocycles. The number of morpholine rings is 1. The van der Waals surface area contributed by atoms with E-state index in [9.17, 15) is 4.79 Å². The lowest BCUT2D eigenvalue weighted by atomic mass is 10.1. The van der Waals surface area contributed by atoms with Gasteiger partial charge in [-0.15, -0.1) is 0 Å². The summed E-state index contributed by atoms with van der Waals surface area (Å²) in [6.07, 6.45) is 4.99. The fourth-order valence-electron chi connectivity index (χ4n) is 3.14. The van der Waals surface area contributed by atoms with Gasteiger partial charge < -0.3 is 35.1 Å². The molecule has 3 heterocycles. The third-order valence-corrected chi connectivity index (χ3v) is 4.71. The van der Waals surface area contributed by atoms with Gasteiger partial charge in [-0.25, -0.2) is 19.2 Å². The zero-order valence-electron chi connectivity index (χ0n) is 19.3. The molecule has 1 aliphatic rings. The number of hydrogen-bond donors (Lipinski definition) is 3. The molecule has 0 atom stereocenters. The Bertz CT molecular complexity index is 1140. The lowest BCUT2D eigenvalue weighted by molar-refractivity contribution is 0.0322. The van der Waals surface area contributed by atoms with Crippen LogP contribution in [-0.4, -0.2) is 89.7 Å². The Kier molecular flexibility index (Phi) is 13.0. The Labute approximate surface area is 206 Å². The van der Waals surface area contributed by atoms with Gasteiger partial charge in [-0.2, -0.15) is 5.10 Å². The van der Waals surface area contributed by atoms with Crippen molar-refractivity contribution in [3.05, 3.63) is 70.9 Å². The van der Waals surface area contributed by atoms with Crippen LogP contribution in [0.3, 0.4) is 0 Å². The van der Waals surface area contributed by atoms with Crippen molar-refractivity contribution in [3.63, 3.8) is 0 Å². The zero-order valence-corrected chi connectivity index (χ0v) is 20.2. The molecular weight excluding hydrogens is 497 g/mol. The van der Waals surface area contributed by atoms with Crippen molar-refractivity contribution in [3.8, 4) is 17.1 Å². The molecule has 0 saturated carbocycles. The first-order valence-electron chi connectivity index (χ1n) is 10.4. The van der Waals surface area contributed by atoms with Crippen LogP contribution in [-0.2, 0) is 15.8 Å². The molecule has 2 aromatic heterocycles. The molecule has 15 heteroatoms. The maximum Gasteiger partial charge on any atom is 0.466 e. The Morgan fingerprint density at radius 2 is 1.69 bits per heavy atom. The highest BCUT2D eigenvalue weighted by atomic mass is 31.2. The van der Waals surface area contributed by atoms with Crippen LogP contribution in [0.4, 0.5) is 0 Å².